The van der Waals surface area contributed by atoms with Crippen molar-refractivity contribution in [1.29, 1.82) is 0 Å². The number of hydrogen-bond acceptors (Lipinski definition) is 3. The molecule has 1 atom stereocenters. The van der Waals surface area contributed by atoms with E-state index in [-0.39, 0.29) is 11.8 Å². The fraction of sp³-hybridized carbons (Fsp3) is 0.286. The van der Waals surface area contributed by atoms with Crippen LogP contribution in [0.2, 0.25) is 5.02 Å². The number of nitrogens with zero attached hydrogens (tertiary/aromatic N) is 1. The summed E-state index contributed by atoms with van der Waals surface area (Å²) in [7, 11) is 0. The average Bonchev–Trinajstić information content (AvgIpc) is 2.83. The van der Waals surface area contributed by atoms with Gasteiger partial charge in [-0.2, -0.15) is 0 Å². The second-order valence-corrected chi connectivity index (χ2v) is 9.59. The van der Waals surface area contributed by atoms with E-state index in [2.05, 4.69) is 24.4 Å². The Morgan fingerprint density at radius 1 is 0.971 bits per heavy atom. The molecule has 0 aliphatic heterocycles. The number of thioether (sulfide) groups is 1. The minimum Gasteiger partial charge on any atom is -0.355 e. The smallest absolute Gasteiger partial charge is 0.243 e. The van der Waals surface area contributed by atoms with Gasteiger partial charge in [0.2, 0.25) is 11.8 Å². The molecule has 0 heterocycles. The lowest BCUT2D eigenvalue weighted by molar-refractivity contribution is -0.139. The molecule has 0 spiro atoms. The first-order valence-corrected chi connectivity index (χ1v) is 13.0. The Morgan fingerprint density at radius 3 is 2.38 bits per heavy atom. The number of amides is 2. The summed E-state index contributed by atoms with van der Waals surface area (Å²) < 4.78 is 0. The predicted molar refractivity (Wildman–Crippen MR) is 142 cm³/mol. The summed E-state index contributed by atoms with van der Waals surface area (Å²) in [5, 5.41) is 3.53. The molecule has 0 bridgehead atoms. The third-order valence-corrected chi connectivity index (χ3v) is 6.81. The molecular weight excluding hydrogens is 464 g/mol. The summed E-state index contributed by atoms with van der Waals surface area (Å²) >= 11 is 7.78. The molecule has 3 rings (SSSR count). The van der Waals surface area contributed by atoms with E-state index in [4.69, 9.17) is 11.6 Å². The van der Waals surface area contributed by atoms with Gasteiger partial charge in [-0.3, -0.25) is 9.59 Å². The quantitative estimate of drug-likeness (QED) is 0.374. The van der Waals surface area contributed by atoms with Gasteiger partial charge >= 0.3 is 0 Å². The zero-order valence-corrected chi connectivity index (χ0v) is 21.2. The topological polar surface area (TPSA) is 49.4 Å². The SMILES string of the molecule is CCNC(=O)[C@@H](Cc1ccccc1)N(Cc1cccc(Cl)c1)C(=O)CSCc1ccccc1C. The van der Waals surface area contributed by atoms with Gasteiger partial charge in [-0.05, 0) is 48.2 Å². The summed E-state index contributed by atoms with van der Waals surface area (Å²) in [6.07, 6.45) is 0.446. The Kier molecular flexibility index (Phi) is 10.0. The number of carbonyl (C=O) groups is 2. The summed E-state index contributed by atoms with van der Waals surface area (Å²) in [5.74, 6) is 0.824. The van der Waals surface area contributed by atoms with Gasteiger partial charge in [0, 0.05) is 30.3 Å². The Hall–Kier alpha value is -2.76. The number of carbonyl (C=O) groups excluding carboxylic acids is 2. The summed E-state index contributed by atoms with van der Waals surface area (Å²) in [6, 6.07) is 24.9. The van der Waals surface area contributed by atoms with E-state index in [1.54, 1.807) is 22.7 Å². The minimum atomic E-state index is -0.618. The van der Waals surface area contributed by atoms with Crippen LogP contribution in [-0.2, 0) is 28.3 Å². The van der Waals surface area contributed by atoms with Crippen molar-refractivity contribution in [3.63, 3.8) is 0 Å². The predicted octanol–water partition coefficient (Wildman–Crippen LogP) is 5.66. The van der Waals surface area contributed by atoms with Gasteiger partial charge in [0.1, 0.15) is 6.04 Å². The maximum Gasteiger partial charge on any atom is 0.243 e. The highest BCUT2D eigenvalue weighted by Gasteiger charge is 2.30. The van der Waals surface area contributed by atoms with E-state index >= 15 is 0 Å². The van der Waals surface area contributed by atoms with Crippen LogP contribution < -0.4 is 5.32 Å². The van der Waals surface area contributed by atoms with Crippen molar-refractivity contribution in [2.24, 2.45) is 0 Å². The highest BCUT2D eigenvalue weighted by atomic mass is 35.5. The molecule has 0 radical (unpaired) electrons. The number of benzene rings is 3. The molecule has 0 unspecified atom stereocenters. The fourth-order valence-corrected chi connectivity index (χ4v) is 4.98. The summed E-state index contributed by atoms with van der Waals surface area (Å²) in [6.45, 7) is 4.79. The van der Waals surface area contributed by atoms with Crippen molar-refractivity contribution in [2.45, 2.75) is 38.6 Å². The van der Waals surface area contributed by atoms with Crippen LogP contribution in [0.5, 0.6) is 0 Å². The van der Waals surface area contributed by atoms with Crippen LogP contribution in [-0.4, -0.2) is 35.1 Å². The summed E-state index contributed by atoms with van der Waals surface area (Å²) in [4.78, 5) is 28.4. The van der Waals surface area contributed by atoms with Crippen molar-refractivity contribution in [1.82, 2.24) is 10.2 Å². The van der Waals surface area contributed by atoms with Gasteiger partial charge in [-0.15, -0.1) is 11.8 Å². The largest absolute Gasteiger partial charge is 0.355 e. The molecule has 3 aromatic rings. The Labute approximate surface area is 211 Å². The van der Waals surface area contributed by atoms with Crippen LogP contribution in [0, 0.1) is 6.92 Å². The molecule has 1 N–H and O–H groups in total. The van der Waals surface area contributed by atoms with Crippen LogP contribution >= 0.6 is 23.4 Å². The first-order valence-electron chi connectivity index (χ1n) is 11.5. The van der Waals surface area contributed by atoms with Gasteiger partial charge in [0.05, 0.1) is 5.75 Å². The highest BCUT2D eigenvalue weighted by molar-refractivity contribution is 7.99. The molecule has 0 saturated carbocycles. The number of likely N-dealkylation sites (N-methyl/N-ethyl adjacent to an activating group) is 1. The molecule has 0 fully saturated rings. The number of halogens is 1. The Balaban J connectivity index is 1.83. The monoisotopic (exact) mass is 494 g/mol. The third-order valence-electron chi connectivity index (χ3n) is 5.61. The number of rotatable bonds is 11. The van der Waals surface area contributed by atoms with E-state index in [9.17, 15) is 9.59 Å². The molecule has 34 heavy (non-hydrogen) atoms. The second kappa shape index (κ2) is 13.2. The van der Waals surface area contributed by atoms with Crippen LogP contribution in [0.1, 0.15) is 29.2 Å². The standard InChI is InChI=1S/C28H31ClN2O2S/c1-3-30-28(33)26(17-22-11-5-4-6-12-22)31(18-23-13-9-15-25(29)16-23)27(32)20-34-19-24-14-8-7-10-21(24)2/h4-16,26H,3,17-20H2,1-2H3,(H,30,33)/t26-/m1/s1. The molecular formula is C28H31ClN2O2S. The van der Waals surface area contributed by atoms with Gasteiger partial charge in [0.15, 0.2) is 0 Å². The van der Waals surface area contributed by atoms with Crippen LogP contribution in [0.4, 0.5) is 0 Å². The Morgan fingerprint density at radius 2 is 1.68 bits per heavy atom. The minimum absolute atomic E-state index is 0.0641. The second-order valence-electron chi connectivity index (χ2n) is 8.17. The number of hydrogen-bond donors (Lipinski definition) is 1. The number of aryl methyl sites for hydroxylation is 1. The van der Waals surface area contributed by atoms with Crippen molar-refractivity contribution >= 4 is 35.2 Å². The van der Waals surface area contributed by atoms with E-state index in [0.717, 1.165) is 16.9 Å². The molecule has 4 nitrogen and oxygen atoms in total. The van der Waals surface area contributed by atoms with E-state index in [0.29, 0.717) is 30.3 Å². The van der Waals surface area contributed by atoms with E-state index in [1.165, 1.54) is 11.1 Å². The molecule has 0 aliphatic carbocycles. The lowest BCUT2D eigenvalue weighted by Gasteiger charge is -2.31. The van der Waals surface area contributed by atoms with Gasteiger partial charge < -0.3 is 10.2 Å². The van der Waals surface area contributed by atoms with Gasteiger partial charge in [-0.25, -0.2) is 0 Å². The fourth-order valence-electron chi connectivity index (χ4n) is 3.78. The summed E-state index contributed by atoms with van der Waals surface area (Å²) in [5.41, 5.74) is 4.33. The van der Waals surface area contributed by atoms with Gasteiger partial charge in [0.25, 0.3) is 0 Å². The average molecular weight is 495 g/mol. The number of nitrogens with one attached hydrogen (secondary N) is 1. The first kappa shape index (κ1) is 25.9. The molecule has 6 heteroatoms. The third kappa shape index (κ3) is 7.64. The van der Waals surface area contributed by atoms with Crippen molar-refractivity contribution in [2.75, 3.05) is 12.3 Å². The maximum absolute atomic E-state index is 13.5. The molecule has 3 aromatic carbocycles. The van der Waals surface area contributed by atoms with Crippen LogP contribution in [0.3, 0.4) is 0 Å². The molecule has 0 aliphatic rings. The zero-order valence-electron chi connectivity index (χ0n) is 19.7. The van der Waals surface area contributed by atoms with E-state index in [1.807, 2.05) is 67.6 Å². The zero-order chi connectivity index (χ0) is 24.3. The Bertz CT molecular complexity index is 1090. The lowest BCUT2D eigenvalue weighted by atomic mass is 10.0. The van der Waals surface area contributed by atoms with Crippen molar-refractivity contribution < 1.29 is 9.59 Å². The molecule has 0 aromatic heterocycles. The molecule has 2 amide bonds. The molecule has 0 saturated heterocycles. The van der Waals surface area contributed by atoms with Crippen LogP contribution in [0.15, 0.2) is 78.9 Å². The van der Waals surface area contributed by atoms with E-state index < -0.39 is 6.04 Å². The van der Waals surface area contributed by atoms with Crippen LogP contribution in [0.25, 0.3) is 0 Å². The van der Waals surface area contributed by atoms with Gasteiger partial charge in [-0.1, -0.05) is 78.3 Å². The normalized spacial score (nSPS) is 11.6. The maximum atomic E-state index is 13.5. The van der Waals surface area contributed by atoms with Crippen molar-refractivity contribution in [3.05, 3.63) is 106 Å². The molecule has 178 valence electrons. The lowest BCUT2D eigenvalue weighted by Crippen LogP contribution is -2.51. The highest BCUT2D eigenvalue weighted by Crippen LogP contribution is 2.21. The van der Waals surface area contributed by atoms with Crippen molar-refractivity contribution in [3.8, 4) is 0 Å². The first-order chi connectivity index (χ1) is 16.5.